The van der Waals surface area contributed by atoms with Crippen LogP contribution in [0.15, 0.2) is 48.5 Å². The molecule has 0 saturated carbocycles. The first-order chi connectivity index (χ1) is 10.2. The molecule has 1 atom stereocenters. The third-order valence-electron chi connectivity index (χ3n) is 3.81. The summed E-state index contributed by atoms with van der Waals surface area (Å²) in [6.07, 6.45) is 1.13. The van der Waals surface area contributed by atoms with Crippen LogP contribution in [0.4, 0.5) is 5.69 Å². The number of rotatable bonds is 4. The summed E-state index contributed by atoms with van der Waals surface area (Å²) in [7, 11) is 0. The van der Waals surface area contributed by atoms with Gasteiger partial charge in [-0.2, -0.15) is 0 Å². The molecule has 21 heavy (non-hydrogen) atoms. The summed E-state index contributed by atoms with van der Waals surface area (Å²) in [6, 6.07) is 16.6. The number of hydrogen-bond donors (Lipinski definition) is 1. The topological polar surface area (TPSA) is 15.3 Å². The van der Waals surface area contributed by atoms with E-state index in [-0.39, 0.29) is 0 Å². The minimum atomic E-state index is 0.437. The maximum absolute atomic E-state index is 6.21. The van der Waals surface area contributed by atoms with E-state index in [4.69, 9.17) is 23.2 Å². The van der Waals surface area contributed by atoms with Gasteiger partial charge in [-0.1, -0.05) is 53.5 Å². The Kier molecular flexibility index (Phi) is 4.69. The van der Waals surface area contributed by atoms with Gasteiger partial charge in [0.15, 0.2) is 0 Å². The van der Waals surface area contributed by atoms with E-state index in [2.05, 4.69) is 40.5 Å². The second-order valence-electron chi connectivity index (χ2n) is 5.47. The van der Waals surface area contributed by atoms with Crippen LogP contribution in [0.3, 0.4) is 0 Å². The van der Waals surface area contributed by atoms with Crippen LogP contribution in [-0.2, 0) is 6.54 Å². The summed E-state index contributed by atoms with van der Waals surface area (Å²) >= 11 is 12.1. The lowest BCUT2D eigenvalue weighted by Crippen LogP contribution is -2.26. The Bertz CT molecular complexity index is 601. The van der Waals surface area contributed by atoms with E-state index in [0.717, 1.165) is 31.7 Å². The Labute approximate surface area is 135 Å². The molecule has 2 nitrogen and oxygen atoms in total. The molecule has 0 amide bonds. The summed E-state index contributed by atoms with van der Waals surface area (Å²) in [5, 5.41) is 4.87. The lowest BCUT2D eigenvalue weighted by Gasteiger charge is -2.18. The highest BCUT2D eigenvalue weighted by Crippen LogP contribution is 2.27. The van der Waals surface area contributed by atoms with Crippen molar-refractivity contribution in [2.45, 2.75) is 19.0 Å². The first-order valence-corrected chi connectivity index (χ1v) is 7.94. The second-order valence-corrected chi connectivity index (χ2v) is 6.32. The summed E-state index contributed by atoms with van der Waals surface area (Å²) in [4.78, 5) is 2.47. The van der Waals surface area contributed by atoms with Gasteiger partial charge in [0.25, 0.3) is 0 Å². The van der Waals surface area contributed by atoms with Crippen molar-refractivity contribution in [1.29, 1.82) is 0 Å². The Morgan fingerprint density at radius 1 is 1.10 bits per heavy atom. The van der Waals surface area contributed by atoms with E-state index in [1.54, 1.807) is 6.07 Å². The van der Waals surface area contributed by atoms with E-state index in [9.17, 15) is 0 Å². The van der Waals surface area contributed by atoms with Crippen molar-refractivity contribution in [2.75, 3.05) is 18.4 Å². The fourth-order valence-corrected chi connectivity index (χ4v) is 3.23. The minimum Gasteiger partial charge on any atom is -0.380 e. The Hall–Kier alpha value is -1.22. The molecule has 1 heterocycles. The minimum absolute atomic E-state index is 0.437. The normalized spacial score (nSPS) is 18.9. The number of nitrogens with zero attached hydrogens (tertiary/aromatic N) is 1. The Morgan fingerprint density at radius 3 is 2.67 bits per heavy atom. The molecule has 1 saturated heterocycles. The van der Waals surface area contributed by atoms with Gasteiger partial charge in [-0.15, -0.1) is 0 Å². The van der Waals surface area contributed by atoms with Crippen LogP contribution in [0, 0.1) is 0 Å². The van der Waals surface area contributed by atoms with Crippen LogP contribution >= 0.6 is 23.2 Å². The largest absolute Gasteiger partial charge is 0.380 e. The molecule has 0 bridgehead atoms. The summed E-state index contributed by atoms with van der Waals surface area (Å²) in [5.41, 5.74) is 2.33. The molecule has 1 fully saturated rings. The monoisotopic (exact) mass is 320 g/mol. The second kappa shape index (κ2) is 6.69. The molecule has 0 radical (unpaired) electrons. The number of likely N-dealkylation sites (tertiary alicyclic amines) is 1. The fourth-order valence-electron chi connectivity index (χ4n) is 2.76. The summed E-state index contributed by atoms with van der Waals surface area (Å²) in [6.45, 7) is 3.15. The van der Waals surface area contributed by atoms with Gasteiger partial charge >= 0.3 is 0 Å². The van der Waals surface area contributed by atoms with Crippen molar-refractivity contribution >= 4 is 28.9 Å². The van der Waals surface area contributed by atoms with Gasteiger partial charge in [0.1, 0.15) is 0 Å². The molecule has 0 aliphatic carbocycles. The van der Waals surface area contributed by atoms with E-state index in [1.165, 1.54) is 5.56 Å². The average molecular weight is 321 g/mol. The predicted octanol–water partition coefficient (Wildman–Crippen LogP) is 4.68. The molecule has 110 valence electrons. The average Bonchev–Trinajstić information content (AvgIpc) is 2.90. The molecule has 0 spiro atoms. The van der Waals surface area contributed by atoms with Gasteiger partial charge in [-0.05, 0) is 30.2 Å². The number of hydrogen-bond acceptors (Lipinski definition) is 2. The van der Waals surface area contributed by atoms with Crippen LogP contribution < -0.4 is 5.32 Å². The van der Waals surface area contributed by atoms with Crippen molar-refractivity contribution in [3.05, 3.63) is 64.1 Å². The molecule has 4 heteroatoms. The van der Waals surface area contributed by atoms with Crippen molar-refractivity contribution < 1.29 is 0 Å². The first kappa shape index (κ1) is 14.7. The van der Waals surface area contributed by atoms with Crippen LogP contribution in [0.25, 0.3) is 0 Å². The predicted molar refractivity (Wildman–Crippen MR) is 90.2 cm³/mol. The van der Waals surface area contributed by atoms with Gasteiger partial charge in [0.05, 0.1) is 10.7 Å². The maximum atomic E-state index is 6.21. The fraction of sp³-hybridized carbons (Fsp3) is 0.294. The Morgan fingerprint density at radius 2 is 1.90 bits per heavy atom. The highest BCUT2D eigenvalue weighted by molar-refractivity contribution is 6.36. The molecule has 0 aromatic heterocycles. The quantitative estimate of drug-likeness (QED) is 0.879. The zero-order valence-electron chi connectivity index (χ0n) is 11.7. The third kappa shape index (κ3) is 3.91. The molecule has 1 N–H and O–H groups in total. The molecule has 2 aromatic rings. The molecule has 1 unspecified atom stereocenters. The smallest absolute Gasteiger partial charge is 0.0652 e. The van der Waals surface area contributed by atoms with Crippen molar-refractivity contribution in [1.82, 2.24) is 4.90 Å². The van der Waals surface area contributed by atoms with Gasteiger partial charge in [0, 0.05) is 30.7 Å². The van der Waals surface area contributed by atoms with Crippen molar-refractivity contribution in [3.63, 3.8) is 0 Å². The van der Waals surface area contributed by atoms with E-state index in [1.807, 2.05) is 12.1 Å². The first-order valence-electron chi connectivity index (χ1n) is 7.18. The van der Waals surface area contributed by atoms with Gasteiger partial charge in [-0.3, -0.25) is 4.90 Å². The van der Waals surface area contributed by atoms with Gasteiger partial charge in [0.2, 0.25) is 0 Å². The number of benzene rings is 2. The van der Waals surface area contributed by atoms with Crippen LogP contribution in [-0.4, -0.2) is 24.0 Å². The van der Waals surface area contributed by atoms with Gasteiger partial charge in [-0.25, -0.2) is 0 Å². The lowest BCUT2D eigenvalue weighted by molar-refractivity contribution is 0.328. The molecule has 1 aliphatic rings. The zero-order chi connectivity index (χ0) is 14.7. The van der Waals surface area contributed by atoms with Crippen molar-refractivity contribution in [3.8, 4) is 0 Å². The molecule has 1 aliphatic heterocycles. The lowest BCUT2D eigenvalue weighted by atomic mass is 10.2. The molecule has 2 aromatic carbocycles. The standard InChI is InChI=1S/C17H18Cl2N2/c18-14-6-7-17(16(19)10-14)20-15-8-9-21(12-15)11-13-4-2-1-3-5-13/h1-7,10,15,20H,8-9,11-12H2. The summed E-state index contributed by atoms with van der Waals surface area (Å²) in [5.74, 6) is 0. The molecule has 3 rings (SSSR count). The zero-order valence-corrected chi connectivity index (χ0v) is 13.2. The summed E-state index contributed by atoms with van der Waals surface area (Å²) < 4.78 is 0. The van der Waals surface area contributed by atoms with Crippen LogP contribution in [0.2, 0.25) is 10.0 Å². The highest BCUT2D eigenvalue weighted by Gasteiger charge is 2.22. The van der Waals surface area contributed by atoms with Crippen LogP contribution in [0.5, 0.6) is 0 Å². The molecular formula is C17H18Cl2N2. The maximum Gasteiger partial charge on any atom is 0.0652 e. The van der Waals surface area contributed by atoms with E-state index >= 15 is 0 Å². The van der Waals surface area contributed by atoms with Crippen LogP contribution in [0.1, 0.15) is 12.0 Å². The van der Waals surface area contributed by atoms with Gasteiger partial charge < -0.3 is 5.32 Å². The van der Waals surface area contributed by atoms with E-state index < -0.39 is 0 Å². The number of anilines is 1. The molecular weight excluding hydrogens is 303 g/mol. The van der Waals surface area contributed by atoms with Crippen molar-refractivity contribution in [2.24, 2.45) is 0 Å². The number of halogens is 2. The number of nitrogens with one attached hydrogen (secondary N) is 1. The highest BCUT2D eigenvalue weighted by atomic mass is 35.5. The third-order valence-corrected chi connectivity index (χ3v) is 4.36. The SMILES string of the molecule is Clc1ccc(NC2CCN(Cc3ccccc3)C2)c(Cl)c1. The Balaban J connectivity index is 1.57. The van der Waals surface area contributed by atoms with E-state index in [0.29, 0.717) is 16.1 Å².